The number of hydrogen-bond acceptors (Lipinski definition) is 5. The Balaban J connectivity index is 2.22. The summed E-state index contributed by atoms with van der Waals surface area (Å²) in [6.07, 6.45) is 4.91. The van der Waals surface area contributed by atoms with Crippen molar-refractivity contribution in [2.24, 2.45) is 0 Å². The molecule has 1 unspecified atom stereocenters. The van der Waals surface area contributed by atoms with Gasteiger partial charge in [-0.2, -0.15) is 0 Å². The minimum atomic E-state index is 0.242. The van der Waals surface area contributed by atoms with Crippen LogP contribution in [0.2, 0.25) is 0 Å². The maximum atomic E-state index is 5.06. The van der Waals surface area contributed by atoms with Gasteiger partial charge in [-0.1, -0.05) is 6.92 Å². The van der Waals surface area contributed by atoms with Gasteiger partial charge in [0, 0.05) is 31.4 Å². The molecule has 1 N–H and O–H groups in total. The van der Waals surface area contributed by atoms with Crippen molar-refractivity contribution in [2.75, 3.05) is 25.6 Å². The van der Waals surface area contributed by atoms with Crippen molar-refractivity contribution in [1.29, 1.82) is 0 Å². The molecule has 5 nitrogen and oxygen atoms in total. The summed E-state index contributed by atoms with van der Waals surface area (Å²) in [6, 6.07) is 0.242. The molecule has 0 amide bonds. The monoisotopic (exact) mass is 280 g/mol. The average Bonchev–Trinajstić information content (AvgIpc) is 3.02. The quantitative estimate of drug-likeness (QED) is 0.792. The van der Waals surface area contributed by atoms with Crippen molar-refractivity contribution in [2.45, 2.75) is 26.3 Å². The van der Waals surface area contributed by atoms with Crippen LogP contribution in [0.5, 0.6) is 0 Å². The lowest BCUT2D eigenvalue weighted by Gasteiger charge is -2.17. The molecule has 0 aliphatic heterocycles. The van der Waals surface area contributed by atoms with Crippen molar-refractivity contribution >= 4 is 17.3 Å². The molecule has 0 aromatic carbocycles. The van der Waals surface area contributed by atoms with Gasteiger partial charge in [-0.05, 0) is 13.3 Å². The maximum absolute atomic E-state index is 5.06. The number of imidazole rings is 1. The summed E-state index contributed by atoms with van der Waals surface area (Å²) in [4.78, 5) is 8.96. The van der Waals surface area contributed by atoms with Crippen LogP contribution < -0.4 is 5.32 Å². The molecule has 2 rings (SSSR count). The van der Waals surface area contributed by atoms with Crippen LogP contribution in [0.4, 0.5) is 5.95 Å². The van der Waals surface area contributed by atoms with Crippen LogP contribution in [0, 0.1) is 6.92 Å². The van der Waals surface area contributed by atoms with Crippen molar-refractivity contribution < 1.29 is 4.74 Å². The first-order chi connectivity index (χ1) is 9.26. The number of methoxy groups -OCH3 is 1. The molecular weight excluding hydrogens is 260 g/mol. The van der Waals surface area contributed by atoms with Gasteiger partial charge in [0.25, 0.3) is 0 Å². The zero-order chi connectivity index (χ0) is 13.7. The first-order valence-corrected chi connectivity index (χ1v) is 7.32. The Bertz CT molecular complexity index is 495. The van der Waals surface area contributed by atoms with E-state index in [1.165, 1.54) is 0 Å². The number of ether oxygens (including phenoxy) is 1. The van der Waals surface area contributed by atoms with Crippen LogP contribution in [0.3, 0.4) is 0 Å². The summed E-state index contributed by atoms with van der Waals surface area (Å²) in [7, 11) is 1.70. The van der Waals surface area contributed by atoms with Gasteiger partial charge in [-0.3, -0.25) is 0 Å². The molecular formula is C13H20N4OS. The summed E-state index contributed by atoms with van der Waals surface area (Å²) < 4.78 is 7.23. The number of aromatic nitrogens is 3. The Labute approximate surface area is 117 Å². The van der Waals surface area contributed by atoms with E-state index in [9.17, 15) is 0 Å². The van der Waals surface area contributed by atoms with Gasteiger partial charge < -0.3 is 14.6 Å². The number of aryl methyl sites for hydroxylation is 1. The highest BCUT2D eigenvalue weighted by atomic mass is 32.1. The van der Waals surface area contributed by atoms with E-state index < -0.39 is 0 Å². The van der Waals surface area contributed by atoms with Crippen LogP contribution in [-0.2, 0) is 4.74 Å². The molecule has 0 saturated carbocycles. The van der Waals surface area contributed by atoms with Crippen molar-refractivity contribution in [1.82, 2.24) is 14.5 Å². The maximum Gasteiger partial charge on any atom is 0.203 e. The van der Waals surface area contributed by atoms with Crippen LogP contribution >= 0.6 is 11.3 Å². The summed E-state index contributed by atoms with van der Waals surface area (Å²) in [5.41, 5.74) is 1.01. The van der Waals surface area contributed by atoms with Crippen LogP contribution in [0.1, 0.15) is 30.1 Å². The molecule has 2 aromatic rings. The predicted octanol–water partition coefficient (Wildman–Crippen LogP) is 2.71. The van der Waals surface area contributed by atoms with E-state index in [1.807, 2.05) is 18.5 Å². The predicted molar refractivity (Wildman–Crippen MR) is 77.9 cm³/mol. The SMILES string of the molecule is CCC(c1nccs1)n1cc(C)nc1NCCOC. The summed E-state index contributed by atoms with van der Waals surface area (Å²) in [6.45, 7) is 5.59. The van der Waals surface area contributed by atoms with Gasteiger partial charge >= 0.3 is 0 Å². The highest BCUT2D eigenvalue weighted by Gasteiger charge is 2.18. The van der Waals surface area contributed by atoms with E-state index in [0.29, 0.717) is 6.61 Å². The van der Waals surface area contributed by atoms with Gasteiger partial charge in [-0.15, -0.1) is 11.3 Å². The zero-order valence-electron chi connectivity index (χ0n) is 11.6. The smallest absolute Gasteiger partial charge is 0.203 e. The number of anilines is 1. The Kier molecular flexibility index (Phi) is 4.93. The second-order valence-corrected chi connectivity index (χ2v) is 5.25. The van der Waals surface area contributed by atoms with E-state index in [0.717, 1.165) is 29.6 Å². The molecule has 0 saturated heterocycles. The molecule has 0 fully saturated rings. The summed E-state index contributed by atoms with van der Waals surface area (Å²) in [5, 5.41) is 6.45. The third kappa shape index (κ3) is 3.33. The fourth-order valence-corrected chi connectivity index (χ4v) is 2.86. The standard InChI is InChI=1S/C13H20N4OS/c1-4-11(12-14-6-8-19-12)17-9-10(2)16-13(17)15-5-7-18-3/h6,8-9,11H,4-5,7H2,1-3H3,(H,15,16). The highest BCUT2D eigenvalue weighted by Crippen LogP contribution is 2.27. The minimum Gasteiger partial charge on any atom is -0.383 e. The average molecular weight is 280 g/mol. The largest absolute Gasteiger partial charge is 0.383 e. The molecule has 2 heterocycles. The topological polar surface area (TPSA) is 52.0 Å². The fourth-order valence-electron chi connectivity index (χ4n) is 2.04. The van der Waals surface area contributed by atoms with Crippen molar-refractivity contribution in [3.8, 4) is 0 Å². The second-order valence-electron chi connectivity index (χ2n) is 4.33. The fraction of sp³-hybridized carbons (Fsp3) is 0.538. The Hall–Kier alpha value is -1.40. The number of rotatable bonds is 7. The van der Waals surface area contributed by atoms with Crippen LogP contribution in [-0.4, -0.2) is 34.8 Å². The summed E-state index contributed by atoms with van der Waals surface area (Å²) in [5.74, 6) is 0.886. The lowest BCUT2D eigenvalue weighted by Crippen LogP contribution is -2.16. The molecule has 6 heteroatoms. The molecule has 19 heavy (non-hydrogen) atoms. The Morgan fingerprint density at radius 1 is 1.53 bits per heavy atom. The molecule has 0 aliphatic carbocycles. The third-order valence-corrected chi connectivity index (χ3v) is 3.78. The van der Waals surface area contributed by atoms with E-state index >= 15 is 0 Å². The molecule has 1 atom stereocenters. The normalized spacial score (nSPS) is 12.6. The second kappa shape index (κ2) is 6.68. The number of nitrogens with one attached hydrogen (secondary N) is 1. The van der Waals surface area contributed by atoms with Gasteiger partial charge in [0.05, 0.1) is 18.3 Å². The molecule has 0 spiro atoms. The van der Waals surface area contributed by atoms with Gasteiger partial charge in [0.2, 0.25) is 5.95 Å². The summed E-state index contributed by atoms with van der Waals surface area (Å²) >= 11 is 1.68. The molecule has 0 radical (unpaired) electrons. The Morgan fingerprint density at radius 3 is 3.00 bits per heavy atom. The van der Waals surface area contributed by atoms with Crippen molar-refractivity contribution in [3.63, 3.8) is 0 Å². The lowest BCUT2D eigenvalue weighted by molar-refractivity contribution is 0.210. The molecule has 0 aliphatic rings. The van der Waals surface area contributed by atoms with Gasteiger partial charge in [0.15, 0.2) is 0 Å². The number of hydrogen-bond donors (Lipinski definition) is 1. The van der Waals surface area contributed by atoms with Gasteiger partial charge in [-0.25, -0.2) is 9.97 Å². The third-order valence-electron chi connectivity index (χ3n) is 2.90. The lowest BCUT2D eigenvalue weighted by atomic mass is 10.2. The first-order valence-electron chi connectivity index (χ1n) is 6.44. The minimum absolute atomic E-state index is 0.242. The van der Waals surface area contributed by atoms with E-state index in [-0.39, 0.29) is 6.04 Å². The molecule has 104 valence electrons. The van der Waals surface area contributed by atoms with E-state index in [1.54, 1.807) is 18.4 Å². The van der Waals surface area contributed by atoms with Crippen molar-refractivity contribution in [3.05, 3.63) is 28.5 Å². The van der Waals surface area contributed by atoms with E-state index in [2.05, 4.69) is 33.0 Å². The van der Waals surface area contributed by atoms with E-state index in [4.69, 9.17) is 4.74 Å². The zero-order valence-corrected chi connectivity index (χ0v) is 12.4. The van der Waals surface area contributed by atoms with Crippen LogP contribution in [0.15, 0.2) is 17.8 Å². The number of nitrogens with zero attached hydrogens (tertiary/aromatic N) is 3. The highest BCUT2D eigenvalue weighted by molar-refractivity contribution is 7.09. The number of thiazole rings is 1. The van der Waals surface area contributed by atoms with Crippen LogP contribution in [0.25, 0.3) is 0 Å². The Morgan fingerprint density at radius 2 is 2.37 bits per heavy atom. The van der Waals surface area contributed by atoms with Gasteiger partial charge in [0.1, 0.15) is 5.01 Å². The molecule has 0 bridgehead atoms. The first kappa shape index (κ1) is 14.0. The molecule has 2 aromatic heterocycles.